The molecule has 4 heteroatoms. The van der Waals surface area contributed by atoms with E-state index in [1.807, 2.05) is 17.9 Å². The quantitative estimate of drug-likeness (QED) is 0.886. The fourth-order valence-electron chi connectivity index (χ4n) is 2.64. The van der Waals surface area contributed by atoms with Crippen molar-refractivity contribution >= 4 is 5.91 Å². The summed E-state index contributed by atoms with van der Waals surface area (Å²) in [6, 6.07) is 4.28. The van der Waals surface area contributed by atoms with Crippen LogP contribution in [0.1, 0.15) is 43.0 Å². The lowest BCUT2D eigenvalue weighted by Crippen LogP contribution is -2.44. The molecule has 1 aromatic rings. The zero-order valence-corrected chi connectivity index (χ0v) is 10.9. The Hall–Kier alpha value is -1.42. The molecule has 1 aliphatic carbocycles. The monoisotopic (exact) mass is 247 g/mol. The van der Waals surface area contributed by atoms with E-state index in [0.717, 1.165) is 32.2 Å². The maximum Gasteiger partial charge on any atom is 0.255 e. The van der Waals surface area contributed by atoms with Crippen molar-refractivity contribution in [2.75, 3.05) is 6.54 Å². The van der Waals surface area contributed by atoms with Crippen molar-refractivity contribution in [3.05, 3.63) is 30.1 Å². The van der Waals surface area contributed by atoms with Gasteiger partial charge in [0, 0.05) is 31.0 Å². The fraction of sp³-hybridized carbons (Fsp3) is 0.571. The molecule has 4 nitrogen and oxygen atoms in total. The standard InChI is InChI=1S/C14H21N3O/c1-2-17(13-7-5-12(15)6-8-13)14(18)11-4-3-9-16-10-11/h3-4,9-10,12-13H,2,5-8,15H2,1H3. The van der Waals surface area contributed by atoms with Crippen LogP contribution in [0.15, 0.2) is 24.5 Å². The number of carbonyl (C=O) groups excluding carboxylic acids is 1. The molecule has 18 heavy (non-hydrogen) atoms. The Morgan fingerprint density at radius 3 is 2.72 bits per heavy atom. The molecule has 0 aromatic carbocycles. The highest BCUT2D eigenvalue weighted by Crippen LogP contribution is 2.23. The first-order valence-electron chi connectivity index (χ1n) is 6.69. The zero-order valence-electron chi connectivity index (χ0n) is 10.9. The lowest BCUT2D eigenvalue weighted by molar-refractivity contribution is 0.0640. The van der Waals surface area contributed by atoms with Crippen molar-refractivity contribution < 1.29 is 4.79 Å². The van der Waals surface area contributed by atoms with Gasteiger partial charge >= 0.3 is 0 Å². The van der Waals surface area contributed by atoms with Crippen molar-refractivity contribution in [2.45, 2.75) is 44.7 Å². The molecule has 2 rings (SSSR count). The highest BCUT2D eigenvalue weighted by atomic mass is 16.2. The van der Waals surface area contributed by atoms with Crippen molar-refractivity contribution in [1.29, 1.82) is 0 Å². The molecule has 1 aliphatic rings. The van der Waals surface area contributed by atoms with Crippen molar-refractivity contribution in [1.82, 2.24) is 9.88 Å². The zero-order chi connectivity index (χ0) is 13.0. The van der Waals surface area contributed by atoms with E-state index in [1.165, 1.54) is 0 Å². The van der Waals surface area contributed by atoms with Gasteiger partial charge in [-0.2, -0.15) is 0 Å². The van der Waals surface area contributed by atoms with E-state index in [4.69, 9.17) is 5.73 Å². The predicted octanol–water partition coefficient (Wildman–Crippen LogP) is 1.81. The summed E-state index contributed by atoms with van der Waals surface area (Å²) in [6.45, 7) is 2.77. The molecular formula is C14H21N3O. The van der Waals surface area contributed by atoms with Crippen LogP contribution in [-0.2, 0) is 0 Å². The van der Waals surface area contributed by atoms with Crippen molar-refractivity contribution in [2.24, 2.45) is 5.73 Å². The fourth-order valence-corrected chi connectivity index (χ4v) is 2.64. The number of hydrogen-bond acceptors (Lipinski definition) is 3. The number of rotatable bonds is 3. The van der Waals surface area contributed by atoms with Crippen LogP contribution in [0.5, 0.6) is 0 Å². The summed E-state index contributed by atoms with van der Waals surface area (Å²) in [6.07, 6.45) is 7.39. The van der Waals surface area contributed by atoms with Gasteiger partial charge in [-0.05, 0) is 44.7 Å². The number of hydrogen-bond donors (Lipinski definition) is 1. The minimum atomic E-state index is 0.0890. The van der Waals surface area contributed by atoms with Gasteiger partial charge in [0.2, 0.25) is 0 Å². The van der Waals surface area contributed by atoms with E-state index in [2.05, 4.69) is 4.98 Å². The highest BCUT2D eigenvalue weighted by Gasteiger charge is 2.27. The van der Waals surface area contributed by atoms with Gasteiger partial charge in [0.15, 0.2) is 0 Å². The van der Waals surface area contributed by atoms with E-state index in [-0.39, 0.29) is 5.91 Å². The molecule has 0 spiro atoms. The van der Waals surface area contributed by atoms with Crippen LogP contribution < -0.4 is 5.73 Å². The van der Waals surface area contributed by atoms with E-state index < -0.39 is 0 Å². The van der Waals surface area contributed by atoms with Crippen LogP contribution in [0, 0.1) is 0 Å². The molecule has 0 saturated heterocycles. The Balaban J connectivity index is 2.07. The smallest absolute Gasteiger partial charge is 0.255 e. The van der Waals surface area contributed by atoms with Gasteiger partial charge in [-0.15, -0.1) is 0 Å². The number of nitrogens with zero attached hydrogens (tertiary/aromatic N) is 2. The van der Waals surface area contributed by atoms with Gasteiger partial charge in [-0.3, -0.25) is 9.78 Å². The minimum absolute atomic E-state index is 0.0890. The number of pyridine rings is 1. The van der Waals surface area contributed by atoms with Gasteiger partial charge in [0.1, 0.15) is 0 Å². The molecular weight excluding hydrogens is 226 g/mol. The summed E-state index contributed by atoms with van der Waals surface area (Å²) >= 11 is 0. The third-order valence-corrected chi connectivity index (χ3v) is 3.69. The lowest BCUT2D eigenvalue weighted by Gasteiger charge is -2.35. The SMILES string of the molecule is CCN(C(=O)c1cccnc1)C1CCC(N)CC1. The molecule has 0 unspecified atom stereocenters. The van der Waals surface area contributed by atoms with E-state index in [9.17, 15) is 4.79 Å². The maximum atomic E-state index is 12.4. The molecule has 1 saturated carbocycles. The second-order valence-corrected chi connectivity index (χ2v) is 4.90. The van der Waals surface area contributed by atoms with Crippen LogP contribution in [0.3, 0.4) is 0 Å². The van der Waals surface area contributed by atoms with E-state index in [1.54, 1.807) is 18.5 Å². The van der Waals surface area contributed by atoms with Gasteiger partial charge in [-0.25, -0.2) is 0 Å². The topological polar surface area (TPSA) is 59.2 Å². The minimum Gasteiger partial charge on any atom is -0.336 e. The van der Waals surface area contributed by atoms with Gasteiger partial charge in [0.25, 0.3) is 5.91 Å². The Bertz CT molecular complexity index is 385. The summed E-state index contributed by atoms with van der Waals surface area (Å²) in [5.41, 5.74) is 6.59. The Labute approximate surface area is 108 Å². The molecule has 0 radical (unpaired) electrons. The lowest BCUT2D eigenvalue weighted by atomic mass is 9.90. The molecule has 1 aromatic heterocycles. The first-order chi connectivity index (χ1) is 8.72. The third-order valence-electron chi connectivity index (χ3n) is 3.69. The Kier molecular flexibility index (Phi) is 4.31. The highest BCUT2D eigenvalue weighted by molar-refractivity contribution is 5.94. The van der Waals surface area contributed by atoms with Crippen LogP contribution in [-0.4, -0.2) is 34.4 Å². The Morgan fingerprint density at radius 1 is 1.44 bits per heavy atom. The van der Waals surface area contributed by atoms with E-state index in [0.29, 0.717) is 17.6 Å². The number of aromatic nitrogens is 1. The summed E-state index contributed by atoms with van der Waals surface area (Å²) in [7, 11) is 0. The number of carbonyl (C=O) groups is 1. The van der Waals surface area contributed by atoms with Gasteiger partial charge in [-0.1, -0.05) is 0 Å². The van der Waals surface area contributed by atoms with Gasteiger partial charge in [0.05, 0.1) is 5.56 Å². The summed E-state index contributed by atoms with van der Waals surface area (Å²) in [4.78, 5) is 18.4. The molecule has 98 valence electrons. The Morgan fingerprint density at radius 2 is 2.17 bits per heavy atom. The van der Waals surface area contributed by atoms with Crippen LogP contribution in [0.25, 0.3) is 0 Å². The second kappa shape index (κ2) is 5.96. The molecule has 0 bridgehead atoms. The molecule has 1 fully saturated rings. The van der Waals surface area contributed by atoms with Crippen LogP contribution >= 0.6 is 0 Å². The number of nitrogens with two attached hydrogens (primary N) is 1. The largest absolute Gasteiger partial charge is 0.336 e. The van der Waals surface area contributed by atoms with Crippen LogP contribution in [0.2, 0.25) is 0 Å². The van der Waals surface area contributed by atoms with Gasteiger partial charge < -0.3 is 10.6 Å². The first kappa shape index (κ1) is 13.0. The van der Waals surface area contributed by atoms with E-state index >= 15 is 0 Å². The summed E-state index contributed by atoms with van der Waals surface area (Å²) < 4.78 is 0. The normalized spacial score (nSPS) is 23.7. The molecule has 1 heterocycles. The van der Waals surface area contributed by atoms with Crippen molar-refractivity contribution in [3.8, 4) is 0 Å². The third kappa shape index (κ3) is 2.88. The van der Waals surface area contributed by atoms with Crippen LogP contribution in [0.4, 0.5) is 0 Å². The molecule has 0 atom stereocenters. The average Bonchev–Trinajstić information content (AvgIpc) is 2.42. The van der Waals surface area contributed by atoms with Crippen molar-refractivity contribution in [3.63, 3.8) is 0 Å². The maximum absolute atomic E-state index is 12.4. The average molecular weight is 247 g/mol. The molecule has 2 N–H and O–H groups in total. The summed E-state index contributed by atoms with van der Waals surface area (Å²) in [5.74, 6) is 0.0890. The summed E-state index contributed by atoms with van der Waals surface area (Å²) in [5, 5.41) is 0. The second-order valence-electron chi connectivity index (χ2n) is 4.90. The molecule has 1 amide bonds. The molecule has 0 aliphatic heterocycles. The first-order valence-corrected chi connectivity index (χ1v) is 6.69. The number of amides is 1. The predicted molar refractivity (Wildman–Crippen MR) is 71.2 cm³/mol.